The number of hydrogen-bond donors (Lipinski definition) is 2. The molecule has 2 fully saturated rings. The van der Waals surface area contributed by atoms with Crippen LogP contribution in [0.3, 0.4) is 0 Å². The Hall–Kier alpha value is -2.67. The number of nitrogens with zero attached hydrogens (tertiary/aromatic N) is 2. The number of carbonyl (C=O) groups excluding carboxylic acids is 1. The minimum atomic E-state index is -3.08. The molecular formula is C24H27FN3O4P. The number of halogens is 1. The standard InChI is InChI=1S/C24H27FN3O4P/c25-19-8-7-16(14-20-17-4-1-2-5-18(17)23(29)27-26-20)15-22(19)33(31)12-9-28(10-13-33)24(30)21-6-3-11-32-21/h1-2,4-5,7-8,15,21,31,33H,3,6,9-14H2,(H,27,29). The Kier molecular flexibility index (Phi) is 5.99. The molecule has 0 aliphatic carbocycles. The molecule has 1 unspecified atom stereocenters. The Labute approximate surface area is 191 Å². The van der Waals surface area contributed by atoms with Crippen LogP contribution in [0.1, 0.15) is 24.1 Å². The molecule has 9 heteroatoms. The van der Waals surface area contributed by atoms with Crippen LogP contribution in [0.5, 0.6) is 0 Å². The summed E-state index contributed by atoms with van der Waals surface area (Å²) in [6.07, 6.45) is 2.44. The van der Waals surface area contributed by atoms with Gasteiger partial charge in [-0.2, -0.15) is 0 Å². The number of benzene rings is 2. The van der Waals surface area contributed by atoms with Crippen LogP contribution in [0.25, 0.3) is 10.8 Å². The maximum atomic E-state index is 14.9. The number of carbonyl (C=O) groups is 1. The Bertz CT molecular complexity index is 1250. The molecule has 1 atom stereocenters. The SMILES string of the molecule is O=C(C1CCCO1)N1CC[PH](O)(c2cc(Cc3n[nH]c(=O)c4ccccc34)ccc2F)CC1. The van der Waals surface area contributed by atoms with E-state index in [-0.39, 0.29) is 17.6 Å². The monoisotopic (exact) mass is 471 g/mol. The molecule has 3 aromatic rings. The van der Waals surface area contributed by atoms with Crippen LogP contribution in [-0.2, 0) is 16.0 Å². The van der Waals surface area contributed by atoms with Gasteiger partial charge in [0.1, 0.15) is 0 Å². The average molecular weight is 471 g/mol. The molecule has 2 aromatic carbocycles. The van der Waals surface area contributed by atoms with E-state index in [1.165, 1.54) is 6.07 Å². The number of aromatic nitrogens is 2. The summed E-state index contributed by atoms with van der Waals surface area (Å²) in [5.74, 6) is -0.431. The van der Waals surface area contributed by atoms with Crippen molar-refractivity contribution in [1.29, 1.82) is 0 Å². The summed E-state index contributed by atoms with van der Waals surface area (Å²) in [7, 11) is -3.08. The van der Waals surface area contributed by atoms with Crippen molar-refractivity contribution in [2.45, 2.75) is 25.4 Å². The third kappa shape index (κ3) is 4.31. The van der Waals surface area contributed by atoms with E-state index < -0.39 is 13.3 Å². The van der Waals surface area contributed by atoms with E-state index in [1.807, 2.05) is 12.1 Å². The number of aromatic amines is 1. The van der Waals surface area contributed by atoms with E-state index in [2.05, 4.69) is 10.2 Å². The first kappa shape index (κ1) is 22.1. The summed E-state index contributed by atoms with van der Waals surface area (Å²) in [5, 5.41) is 8.43. The molecule has 174 valence electrons. The van der Waals surface area contributed by atoms with Crippen LogP contribution < -0.4 is 10.9 Å². The fraction of sp³-hybridized carbons (Fsp3) is 0.375. The summed E-state index contributed by atoms with van der Waals surface area (Å²) >= 11 is 0. The van der Waals surface area contributed by atoms with Crippen LogP contribution in [0.4, 0.5) is 4.39 Å². The topological polar surface area (TPSA) is 95.5 Å². The second-order valence-corrected chi connectivity index (χ2v) is 12.5. The van der Waals surface area contributed by atoms with Crippen LogP contribution >= 0.6 is 7.49 Å². The third-order valence-electron chi connectivity index (χ3n) is 6.79. The van der Waals surface area contributed by atoms with E-state index in [9.17, 15) is 18.9 Å². The van der Waals surface area contributed by atoms with Crippen molar-refractivity contribution >= 4 is 29.5 Å². The third-order valence-corrected chi connectivity index (χ3v) is 10.3. The van der Waals surface area contributed by atoms with Crippen molar-refractivity contribution in [1.82, 2.24) is 15.1 Å². The number of nitrogens with one attached hydrogen (secondary N) is 1. The summed E-state index contributed by atoms with van der Waals surface area (Å²) in [6, 6.07) is 12.1. The van der Waals surface area contributed by atoms with Gasteiger partial charge in [-0.1, -0.05) is 0 Å². The van der Waals surface area contributed by atoms with Gasteiger partial charge in [-0.15, -0.1) is 0 Å². The van der Waals surface area contributed by atoms with Gasteiger partial charge in [0, 0.05) is 0 Å². The second-order valence-electron chi connectivity index (χ2n) is 8.89. The normalized spacial score (nSPS) is 21.3. The van der Waals surface area contributed by atoms with Gasteiger partial charge < -0.3 is 0 Å². The van der Waals surface area contributed by atoms with Crippen molar-refractivity contribution < 1.29 is 18.8 Å². The van der Waals surface area contributed by atoms with Crippen molar-refractivity contribution in [3.05, 3.63) is 69.9 Å². The van der Waals surface area contributed by atoms with Crippen molar-refractivity contribution in [3.63, 3.8) is 0 Å². The molecular weight excluding hydrogens is 444 g/mol. The van der Waals surface area contributed by atoms with Gasteiger partial charge in [-0.05, 0) is 0 Å². The molecule has 3 heterocycles. The van der Waals surface area contributed by atoms with Gasteiger partial charge in [0.25, 0.3) is 0 Å². The summed E-state index contributed by atoms with van der Waals surface area (Å²) in [5.41, 5.74) is 1.25. The Morgan fingerprint density at radius 2 is 1.97 bits per heavy atom. The first-order valence-corrected chi connectivity index (χ1v) is 13.7. The van der Waals surface area contributed by atoms with Gasteiger partial charge in [-0.25, -0.2) is 0 Å². The Morgan fingerprint density at radius 1 is 1.21 bits per heavy atom. The van der Waals surface area contributed by atoms with E-state index in [4.69, 9.17) is 4.74 Å². The van der Waals surface area contributed by atoms with E-state index in [0.29, 0.717) is 54.8 Å². The molecule has 2 saturated heterocycles. The number of H-pyrrole nitrogens is 1. The van der Waals surface area contributed by atoms with Gasteiger partial charge in [-0.3, -0.25) is 0 Å². The average Bonchev–Trinajstić information content (AvgIpc) is 3.37. The summed E-state index contributed by atoms with van der Waals surface area (Å²) in [4.78, 5) is 37.9. The molecule has 0 radical (unpaired) electrons. The number of hydrogen-bond acceptors (Lipinski definition) is 5. The number of ether oxygens (including phenoxy) is 1. The molecule has 1 aromatic heterocycles. The molecule has 2 aliphatic rings. The fourth-order valence-electron chi connectivity index (χ4n) is 4.88. The summed E-state index contributed by atoms with van der Waals surface area (Å²) in [6.45, 7) is 1.44. The predicted octanol–water partition coefficient (Wildman–Crippen LogP) is 1.96. The van der Waals surface area contributed by atoms with Gasteiger partial charge in [0.15, 0.2) is 0 Å². The van der Waals surface area contributed by atoms with Crippen molar-refractivity contribution in [2.24, 2.45) is 0 Å². The zero-order chi connectivity index (χ0) is 23.0. The Balaban J connectivity index is 1.37. The molecule has 33 heavy (non-hydrogen) atoms. The molecule has 2 N–H and O–H groups in total. The number of amides is 1. The first-order valence-electron chi connectivity index (χ1n) is 11.3. The zero-order valence-corrected chi connectivity index (χ0v) is 19.2. The van der Waals surface area contributed by atoms with Gasteiger partial charge >= 0.3 is 191 Å². The van der Waals surface area contributed by atoms with Crippen LogP contribution in [0, 0.1) is 5.82 Å². The molecule has 0 saturated carbocycles. The Morgan fingerprint density at radius 3 is 2.70 bits per heavy atom. The van der Waals surface area contributed by atoms with E-state index >= 15 is 0 Å². The fourth-order valence-corrected chi connectivity index (χ4v) is 7.93. The molecule has 1 amide bonds. The van der Waals surface area contributed by atoms with Gasteiger partial charge in [0.2, 0.25) is 0 Å². The van der Waals surface area contributed by atoms with Crippen LogP contribution in [0.15, 0.2) is 47.3 Å². The quantitative estimate of drug-likeness (QED) is 0.568. The number of rotatable bonds is 4. The van der Waals surface area contributed by atoms with Crippen molar-refractivity contribution in [3.8, 4) is 0 Å². The van der Waals surface area contributed by atoms with Crippen molar-refractivity contribution in [2.75, 3.05) is 32.0 Å². The van der Waals surface area contributed by atoms with Crippen LogP contribution in [-0.4, -0.2) is 64.0 Å². The zero-order valence-electron chi connectivity index (χ0n) is 18.2. The van der Waals surface area contributed by atoms with E-state index in [0.717, 1.165) is 23.8 Å². The molecule has 0 bridgehead atoms. The number of fused-ring (bicyclic) bond motifs is 1. The molecule has 0 spiro atoms. The molecule has 7 nitrogen and oxygen atoms in total. The maximum absolute atomic E-state index is 14.9. The van der Waals surface area contributed by atoms with Crippen LogP contribution in [0.2, 0.25) is 0 Å². The minimum absolute atomic E-state index is 0.0196. The molecule has 2 aliphatic heterocycles. The predicted molar refractivity (Wildman–Crippen MR) is 127 cm³/mol. The first-order chi connectivity index (χ1) is 15.9. The summed E-state index contributed by atoms with van der Waals surface area (Å²) < 4.78 is 20.4. The van der Waals surface area contributed by atoms with E-state index in [1.54, 1.807) is 29.2 Å². The molecule has 5 rings (SSSR count). The second kappa shape index (κ2) is 8.93. The van der Waals surface area contributed by atoms with Gasteiger partial charge in [0.05, 0.1) is 0 Å².